The van der Waals surface area contributed by atoms with Gasteiger partial charge in [-0.15, -0.1) is 0 Å². The number of halogens is 2. The van der Waals surface area contributed by atoms with Gasteiger partial charge in [0.2, 0.25) is 0 Å². The molecule has 0 radical (unpaired) electrons. The zero-order valence-corrected chi connectivity index (χ0v) is 20.1. The average Bonchev–Trinajstić information content (AvgIpc) is 2.81. The third-order valence-corrected chi connectivity index (χ3v) is 5.29. The first-order chi connectivity index (χ1) is 16.3. The third-order valence-electron chi connectivity index (χ3n) is 4.97. The molecular formula is C27H27ClFNO4. The summed E-state index contributed by atoms with van der Waals surface area (Å²) in [7, 11) is 0. The van der Waals surface area contributed by atoms with Crippen LogP contribution in [-0.2, 0) is 6.54 Å². The number of ether oxygens (including phenoxy) is 2. The summed E-state index contributed by atoms with van der Waals surface area (Å²) in [6.45, 7) is 6.53. The highest BCUT2D eigenvalue weighted by Gasteiger charge is 2.14. The second kappa shape index (κ2) is 11.7. The van der Waals surface area contributed by atoms with Gasteiger partial charge >= 0.3 is 0 Å². The molecule has 0 bridgehead atoms. The monoisotopic (exact) mass is 483 g/mol. The summed E-state index contributed by atoms with van der Waals surface area (Å²) < 4.78 is 25.2. The van der Waals surface area contributed by atoms with Gasteiger partial charge in [0.1, 0.15) is 17.3 Å². The predicted molar refractivity (Wildman–Crippen MR) is 131 cm³/mol. The standard InChI is InChI=1S/C27H27ClFNO4/c1-4-11-33-26-10-6-19(18-5-9-25(29)21(13-18)16-31)12-20(26)15-30-27(32)23-8-7-22(14-24(23)28)34-17(2)3/h5-10,12-14,16-17H,4,11,15H2,1-3H3,(H,30,32). The molecule has 0 aliphatic carbocycles. The van der Waals surface area contributed by atoms with E-state index in [0.717, 1.165) is 17.5 Å². The Kier molecular flexibility index (Phi) is 8.66. The first-order valence-electron chi connectivity index (χ1n) is 11.1. The molecule has 0 heterocycles. The number of hydrogen-bond donors (Lipinski definition) is 1. The minimum Gasteiger partial charge on any atom is -0.493 e. The van der Waals surface area contributed by atoms with E-state index >= 15 is 0 Å². The van der Waals surface area contributed by atoms with Gasteiger partial charge in [-0.1, -0.05) is 30.7 Å². The molecule has 0 atom stereocenters. The van der Waals surface area contributed by atoms with Crippen LogP contribution >= 0.6 is 11.6 Å². The Hall–Kier alpha value is -3.38. The van der Waals surface area contributed by atoms with Crippen molar-refractivity contribution in [1.82, 2.24) is 5.32 Å². The van der Waals surface area contributed by atoms with E-state index in [2.05, 4.69) is 5.32 Å². The van der Waals surface area contributed by atoms with Gasteiger partial charge in [-0.05, 0) is 73.9 Å². The second-order valence-corrected chi connectivity index (χ2v) is 8.42. The highest BCUT2D eigenvalue weighted by molar-refractivity contribution is 6.34. The molecule has 0 spiro atoms. The molecule has 0 aliphatic rings. The van der Waals surface area contributed by atoms with Gasteiger partial charge < -0.3 is 14.8 Å². The van der Waals surface area contributed by atoms with Crippen molar-refractivity contribution in [3.05, 3.63) is 82.1 Å². The van der Waals surface area contributed by atoms with E-state index in [-0.39, 0.29) is 24.1 Å². The number of carbonyl (C=O) groups excluding carboxylic acids is 2. The van der Waals surface area contributed by atoms with Gasteiger partial charge in [-0.25, -0.2) is 4.39 Å². The molecule has 178 valence electrons. The van der Waals surface area contributed by atoms with Gasteiger partial charge in [-0.2, -0.15) is 0 Å². The topological polar surface area (TPSA) is 64.6 Å². The van der Waals surface area contributed by atoms with Crippen molar-refractivity contribution in [3.8, 4) is 22.6 Å². The number of benzene rings is 3. The highest BCUT2D eigenvalue weighted by atomic mass is 35.5. The summed E-state index contributed by atoms with van der Waals surface area (Å²) in [6, 6.07) is 14.8. The molecule has 5 nitrogen and oxygen atoms in total. The molecule has 0 saturated carbocycles. The van der Waals surface area contributed by atoms with Crippen molar-refractivity contribution in [2.24, 2.45) is 0 Å². The van der Waals surface area contributed by atoms with Crippen molar-refractivity contribution >= 4 is 23.8 Å². The Labute approximate surface area is 203 Å². The van der Waals surface area contributed by atoms with Gasteiger partial charge in [0.05, 0.1) is 28.9 Å². The van der Waals surface area contributed by atoms with Crippen LogP contribution in [0.4, 0.5) is 4.39 Å². The molecule has 0 aliphatic heterocycles. The lowest BCUT2D eigenvalue weighted by atomic mass is 10.00. The van der Waals surface area contributed by atoms with Crippen LogP contribution in [-0.4, -0.2) is 24.9 Å². The lowest BCUT2D eigenvalue weighted by molar-refractivity contribution is 0.0950. The Balaban J connectivity index is 1.83. The number of carbonyl (C=O) groups is 2. The maximum Gasteiger partial charge on any atom is 0.253 e. The third kappa shape index (κ3) is 6.35. The predicted octanol–water partition coefficient (Wildman–Crippen LogP) is 6.46. The molecular weight excluding hydrogens is 457 g/mol. The number of aldehydes is 1. The minimum absolute atomic E-state index is 0.00622. The van der Waals surface area contributed by atoms with Crippen LogP contribution in [0.3, 0.4) is 0 Å². The maximum absolute atomic E-state index is 13.7. The largest absolute Gasteiger partial charge is 0.493 e. The molecule has 34 heavy (non-hydrogen) atoms. The van der Waals surface area contributed by atoms with Gasteiger partial charge in [0.15, 0.2) is 6.29 Å². The van der Waals surface area contributed by atoms with Crippen molar-refractivity contribution in [2.45, 2.75) is 39.8 Å². The molecule has 0 unspecified atom stereocenters. The zero-order chi connectivity index (χ0) is 24.7. The molecule has 0 saturated heterocycles. The summed E-state index contributed by atoms with van der Waals surface area (Å²) in [5.74, 6) is 0.317. The lowest BCUT2D eigenvalue weighted by Crippen LogP contribution is -2.23. The zero-order valence-electron chi connectivity index (χ0n) is 19.4. The first-order valence-corrected chi connectivity index (χ1v) is 11.5. The number of rotatable bonds is 10. The van der Waals surface area contributed by atoms with E-state index in [4.69, 9.17) is 21.1 Å². The summed E-state index contributed by atoms with van der Waals surface area (Å²) in [6.07, 6.45) is 1.31. The van der Waals surface area contributed by atoms with Crippen molar-refractivity contribution in [2.75, 3.05) is 6.61 Å². The Morgan fingerprint density at radius 1 is 1.09 bits per heavy atom. The number of amides is 1. The van der Waals surface area contributed by atoms with E-state index in [1.165, 1.54) is 12.1 Å². The van der Waals surface area contributed by atoms with E-state index in [1.807, 2.05) is 32.9 Å². The minimum atomic E-state index is -0.573. The van der Waals surface area contributed by atoms with Crippen molar-refractivity contribution < 1.29 is 23.5 Å². The van der Waals surface area contributed by atoms with Gasteiger partial charge in [0, 0.05) is 12.1 Å². The fourth-order valence-electron chi connectivity index (χ4n) is 3.36. The summed E-state index contributed by atoms with van der Waals surface area (Å²) in [4.78, 5) is 24.0. The molecule has 1 amide bonds. The van der Waals surface area contributed by atoms with Gasteiger partial charge in [0.25, 0.3) is 5.91 Å². The second-order valence-electron chi connectivity index (χ2n) is 8.02. The first kappa shape index (κ1) is 25.2. The Morgan fingerprint density at radius 3 is 2.50 bits per heavy atom. The molecule has 3 rings (SSSR count). The van der Waals surface area contributed by atoms with Crippen LogP contribution in [0.2, 0.25) is 5.02 Å². The van der Waals surface area contributed by atoms with Crippen LogP contribution in [0.1, 0.15) is 53.5 Å². The van der Waals surface area contributed by atoms with Crippen molar-refractivity contribution in [1.29, 1.82) is 0 Å². The number of hydrogen-bond acceptors (Lipinski definition) is 4. The molecule has 3 aromatic rings. The molecule has 3 aromatic carbocycles. The van der Waals surface area contributed by atoms with Crippen molar-refractivity contribution in [3.63, 3.8) is 0 Å². The van der Waals surface area contributed by atoms with E-state index in [9.17, 15) is 14.0 Å². The number of nitrogens with one attached hydrogen (secondary N) is 1. The molecule has 7 heteroatoms. The molecule has 0 fully saturated rings. The van der Waals surface area contributed by atoms with E-state index < -0.39 is 5.82 Å². The quantitative estimate of drug-likeness (QED) is 0.336. The van der Waals surface area contributed by atoms with Crippen LogP contribution in [0, 0.1) is 5.82 Å². The van der Waals surface area contributed by atoms with Crippen LogP contribution in [0.15, 0.2) is 54.6 Å². The smallest absolute Gasteiger partial charge is 0.253 e. The van der Waals surface area contributed by atoms with Gasteiger partial charge in [-0.3, -0.25) is 9.59 Å². The average molecular weight is 484 g/mol. The SMILES string of the molecule is CCCOc1ccc(-c2ccc(F)c(C=O)c2)cc1CNC(=O)c1ccc(OC(C)C)cc1Cl. The summed E-state index contributed by atoms with van der Waals surface area (Å²) in [5.41, 5.74) is 2.51. The fourth-order valence-corrected chi connectivity index (χ4v) is 3.62. The van der Waals surface area contributed by atoms with E-state index in [0.29, 0.717) is 40.5 Å². The summed E-state index contributed by atoms with van der Waals surface area (Å²) in [5, 5.41) is 3.17. The van der Waals surface area contributed by atoms with Crippen LogP contribution in [0.25, 0.3) is 11.1 Å². The lowest BCUT2D eigenvalue weighted by Gasteiger charge is -2.15. The highest BCUT2D eigenvalue weighted by Crippen LogP contribution is 2.29. The normalized spacial score (nSPS) is 10.8. The fraction of sp³-hybridized carbons (Fsp3) is 0.259. The van der Waals surface area contributed by atoms with Crippen LogP contribution < -0.4 is 14.8 Å². The van der Waals surface area contributed by atoms with Crippen LogP contribution in [0.5, 0.6) is 11.5 Å². The Bertz CT molecular complexity index is 1180. The molecule has 1 N–H and O–H groups in total. The molecule has 0 aromatic heterocycles. The summed E-state index contributed by atoms with van der Waals surface area (Å²) >= 11 is 6.31. The maximum atomic E-state index is 13.7. The Morgan fingerprint density at radius 2 is 1.82 bits per heavy atom. The van der Waals surface area contributed by atoms with E-state index in [1.54, 1.807) is 30.3 Å².